The molecular formula is C78H181N15Ni5O5. The zero-order valence-corrected chi connectivity index (χ0v) is 82.2. The third kappa shape index (κ3) is 182. The van der Waals surface area contributed by atoms with Gasteiger partial charge in [0.2, 0.25) is 0 Å². The maximum atomic E-state index is 9.28. The maximum absolute atomic E-state index is 9.28. The van der Waals surface area contributed by atoms with Crippen molar-refractivity contribution in [2.45, 2.75) is 407 Å². The van der Waals surface area contributed by atoms with Crippen LogP contribution in [0.5, 0.6) is 0 Å². The summed E-state index contributed by atoms with van der Waals surface area (Å²) in [5, 5.41) is 89.4. The zero-order chi connectivity index (χ0) is 81.7. The molecule has 0 aromatic rings. The van der Waals surface area contributed by atoms with Crippen molar-refractivity contribution in [3.8, 4) is 0 Å². The molecule has 0 aliphatic heterocycles. The molecule has 5 N–H and O–H groups in total. The van der Waals surface area contributed by atoms with E-state index in [0.29, 0.717) is 6.54 Å². The van der Waals surface area contributed by atoms with Crippen molar-refractivity contribution < 1.29 is 108 Å². The Morgan fingerprint density at radius 3 is 0.466 bits per heavy atom. The molecule has 0 spiro atoms. The summed E-state index contributed by atoms with van der Waals surface area (Å²) in [6, 6.07) is 0. The minimum atomic E-state index is -0.552. The van der Waals surface area contributed by atoms with Crippen LogP contribution >= 0.6 is 0 Å². The van der Waals surface area contributed by atoms with E-state index < -0.39 is 11.2 Å². The van der Waals surface area contributed by atoms with Crippen molar-refractivity contribution in [1.82, 2.24) is 24.5 Å². The minimum absolute atomic E-state index is 0. The molecule has 20 nitrogen and oxygen atoms in total. The molecule has 0 fully saturated rings. The van der Waals surface area contributed by atoms with E-state index in [1.165, 1.54) is 0 Å². The quantitative estimate of drug-likeness (QED) is 0.0640. The maximum Gasteiger partial charge on any atom is 2.00 e. The first kappa shape index (κ1) is 140. The predicted molar refractivity (Wildman–Crippen MR) is 443 cm³/mol. The Kier molecular flexibility index (Phi) is 91.1. The molecular weight excluding hydrogens is 1520 g/mol. The fourth-order valence-electron chi connectivity index (χ4n) is 8.60. The Balaban J connectivity index is -0.0000000644. The molecule has 0 aromatic heterocycles. The van der Waals surface area contributed by atoms with Gasteiger partial charge in [0.25, 0.3) is 0 Å². The van der Waals surface area contributed by atoms with Crippen molar-refractivity contribution in [2.24, 2.45) is 0 Å². The van der Waals surface area contributed by atoms with Crippen LogP contribution in [0.1, 0.15) is 298 Å². The van der Waals surface area contributed by atoms with E-state index in [9.17, 15) is 5.11 Å². The summed E-state index contributed by atoms with van der Waals surface area (Å²) < 4.78 is 0. The Morgan fingerprint density at radius 2 is 0.427 bits per heavy atom. The first-order valence-corrected chi connectivity index (χ1v) is 36.4. The summed E-state index contributed by atoms with van der Waals surface area (Å²) in [4.78, 5) is 10.00. The molecule has 648 valence electrons. The van der Waals surface area contributed by atoms with Crippen LogP contribution in [-0.4, -0.2) is 268 Å². The van der Waals surface area contributed by atoms with Crippen LogP contribution in [0, 0.1) is 0 Å². The Labute approximate surface area is 696 Å². The largest absolute Gasteiger partial charge is 2.00 e. The molecule has 0 radical (unpaired) electrons. The Hall–Kier alpha value is 1.67. The van der Waals surface area contributed by atoms with Crippen LogP contribution in [-0.2, 0) is 82.5 Å². The molecule has 0 heterocycles. The summed E-state index contributed by atoms with van der Waals surface area (Å²) >= 11 is 0. The van der Waals surface area contributed by atoms with E-state index in [-0.39, 0.29) is 187 Å². The van der Waals surface area contributed by atoms with Gasteiger partial charge in [-0.1, -0.05) is 222 Å². The molecule has 0 bridgehead atoms. The van der Waals surface area contributed by atoms with E-state index in [1.807, 2.05) is 120 Å². The normalized spacial score (nSPS) is 13.0. The van der Waals surface area contributed by atoms with Crippen molar-refractivity contribution in [3.05, 3.63) is 53.2 Å². The molecule has 0 aromatic carbocycles. The second-order valence-corrected chi connectivity index (χ2v) is 38.2. The second kappa shape index (κ2) is 67.0. The zero-order valence-electron chi connectivity index (χ0n) is 77.2. The number of aliphatic hydroxyl groups excluding tert-OH is 3. The molecule has 0 amide bonds. The first-order chi connectivity index (χ1) is 42.4. The van der Waals surface area contributed by atoms with Gasteiger partial charge in [0.1, 0.15) is 0 Å². The summed E-state index contributed by atoms with van der Waals surface area (Å²) in [7, 11) is 15.6. The SMILES string of the molecule is CC(O)CN(C)C.CC([N-]C(C)(C)C)[N-]C(C)(C)C.CC([N-]C(C)(C)C)[N-]C(C)(C)C.CC([N-]C(C)(C)C)[N-]C(C)(C)C.CC([N-]C(C)(C)C)[N-]C(C)(C)C.CC([N-]C(C)(C)C)[N-]C(C)(C)C.CCN(C)CC(C)(C)O.CCN(C)CC(C)O.CN(C)CC(C)(C)O.CN(C)CCO.[Ni+2].[Ni+2].[Ni+2].[Ni+2].[Ni+2]. The third-order valence-electron chi connectivity index (χ3n) is 9.93. The average Bonchev–Trinajstić information content (AvgIpc) is 0.938. The fourth-order valence-corrected chi connectivity index (χ4v) is 8.60. The topological polar surface area (TPSA) is 258 Å². The number of rotatable bonds is 22. The van der Waals surface area contributed by atoms with Gasteiger partial charge in [0.05, 0.1) is 30.0 Å². The first-order valence-electron chi connectivity index (χ1n) is 36.4. The van der Waals surface area contributed by atoms with Gasteiger partial charge in [-0.25, -0.2) is 30.8 Å². The smallest absolute Gasteiger partial charge is 0.673 e. The van der Waals surface area contributed by atoms with Crippen LogP contribution in [0.4, 0.5) is 0 Å². The van der Waals surface area contributed by atoms with Crippen LogP contribution in [0.2, 0.25) is 0 Å². The van der Waals surface area contributed by atoms with E-state index >= 15 is 0 Å². The summed E-state index contributed by atoms with van der Waals surface area (Å²) in [5.41, 5.74) is -0.883. The van der Waals surface area contributed by atoms with Gasteiger partial charge in [0.15, 0.2) is 0 Å². The number of hydrogen-bond acceptors (Lipinski definition) is 10. The molecule has 0 rings (SSSR count). The number of nitrogens with zero attached hydrogens (tertiary/aromatic N) is 15. The predicted octanol–water partition coefficient (Wildman–Crippen LogP) is 19.2. The standard InChI is InChI=1S/5C10H22N2.C7H17NO.2C6H15NO.C5H13NO.C4H11NO.5Ni/c5*1-8(11-9(2,3)4)12-10(5,6)7;1-5-8(4)6-7(2,3)9;1-6(2,8)5-7(3)4;1-4-7(3)5-6(2)8;1-5(7)4-6(2)3;1-5(2)3-4-6;;;;;/h5*8H,1-7H3;9H,5-6H2,1-4H3;8H,5H2,1-4H3;6,8H,4-5H2,1-3H3;5,7H,4H2,1-3H3;6H,3-4H2,1-2H3;;;;;/q5*-2;;;;;;5*+2. The number of likely N-dealkylation sites (N-methyl/N-ethyl adjacent to an activating group) is 5. The average molecular weight is 1700 g/mol. The van der Waals surface area contributed by atoms with Crippen molar-refractivity contribution >= 4 is 0 Å². The Morgan fingerprint density at radius 1 is 0.262 bits per heavy atom. The molecule has 25 heteroatoms. The van der Waals surface area contributed by atoms with Crippen molar-refractivity contribution in [1.29, 1.82) is 0 Å². The molecule has 0 saturated heterocycles. The Bertz CT molecular complexity index is 1470. The van der Waals surface area contributed by atoms with Crippen LogP contribution in [0.15, 0.2) is 0 Å². The van der Waals surface area contributed by atoms with Gasteiger partial charge < -0.3 is 103 Å². The van der Waals surface area contributed by atoms with Gasteiger partial charge in [-0.3, -0.25) is 0 Å². The van der Waals surface area contributed by atoms with Gasteiger partial charge in [0, 0.05) is 32.7 Å². The monoisotopic (exact) mass is 1700 g/mol. The molecule has 103 heavy (non-hydrogen) atoms. The van der Waals surface area contributed by atoms with Gasteiger partial charge in [-0.05, 0) is 111 Å². The molecule has 2 atom stereocenters. The number of aliphatic hydroxyl groups is 5. The van der Waals surface area contributed by atoms with Crippen LogP contribution in [0.3, 0.4) is 0 Å². The molecule has 2 unspecified atom stereocenters. The number of hydrogen-bond donors (Lipinski definition) is 5. The summed E-state index contributed by atoms with van der Waals surface area (Å²) in [6.07, 6.45) is 0.116. The second-order valence-electron chi connectivity index (χ2n) is 38.2. The summed E-state index contributed by atoms with van der Waals surface area (Å²) in [6.45, 7) is 94.1. The molecule has 0 aliphatic carbocycles. The van der Waals surface area contributed by atoms with Gasteiger partial charge >= 0.3 is 82.5 Å². The van der Waals surface area contributed by atoms with Gasteiger partial charge in [-0.15, -0.1) is 90.0 Å². The van der Waals surface area contributed by atoms with Crippen LogP contribution in [0.25, 0.3) is 53.2 Å². The van der Waals surface area contributed by atoms with E-state index in [0.717, 1.165) is 39.3 Å². The van der Waals surface area contributed by atoms with Crippen LogP contribution < -0.4 is 0 Å². The molecule has 0 aliphatic rings. The van der Waals surface area contributed by atoms with E-state index in [1.54, 1.807) is 27.7 Å². The van der Waals surface area contributed by atoms with E-state index in [2.05, 4.69) is 285 Å². The third-order valence-corrected chi connectivity index (χ3v) is 9.93. The van der Waals surface area contributed by atoms with E-state index in [4.69, 9.17) is 20.4 Å². The summed E-state index contributed by atoms with van der Waals surface area (Å²) in [5.74, 6) is 0. The minimum Gasteiger partial charge on any atom is -0.673 e. The fraction of sp³-hybridized carbons (Fsp3) is 1.00. The van der Waals surface area contributed by atoms with Crippen molar-refractivity contribution in [3.63, 3.8) is 0 Å². The van der Waals surface area contributed by atoms with Crippen molar-refractivity contribution in [2.75, 3.05) is 109 Å². The molecule has 0 saturated carbocycles. The van der Waals surface area contributed by atoms with Gasteiger partial charge in [-0.2, -0.15) is 0 Å².